The molecule has 4 rings (SSSR count). The van der Waals surface area contributed by atoms with Gasteiger partial charge in [0.1, 0.15) is 11.6 Å². The average Bonchev–Trinajstić information content (AvgIpc) is 3.20. The van der Waals surface area contributed by atoms with Gasteiger partial charge in [0.25, 0.3) is 5.91 Å². The molecule has 0 aliphatic carbocycles. The van der Waals surface area contributed by atoms with Crippen molar-refractivity contribution in [1.29, 1.82) is 0 Å². The Balaban J connectivity index is 1.40. The first-order valence-electron chi connectivity index (χ1n) is 12.4. The highest BCUT2D eigenvalue weighted by atomic mass is 19.4. The van der Waals surface area contributed by atoms with Crippen LogP contribution in [0.25, 0.3) is 0 Å². The van der Waals surface area contributed by atoms with Gasteiger partial charge < -0.3 is 4.90 Å². The summed E-state index contributed by atoms with van der Waals surface area (Å²) >= 11 is 0. The van der Waals surface area contributed by atoms with E-state index in [4.69, 9.17) is 0 Å². The molecule has 0 radical (unpaired) electrons. The van der Waals surface area contributed by atoms with Gasteiger partial charge in [0, 0.05) is 36.7 Å². The lowest BCUT2D eigenvalue weighted by Crippen LogP contribution is -2.34. The maximum absolute atomic E-state index is 15.6. The van der Waals surface area contributed by atoms with E-state index in [1.165, 1.54) is 17.0 Å². The number of hydrogen-bond acceptors (Lipinski definition) is 4. The number of carbonyl (C=O) groups excluding carboxylic acids is 3. The first-order chi connectivity index (χ1) is 18.0. The minimum atomic E-state index is -4.39. The summed E-state index contributed by atoms with van der Waals surface area (Å²) in [6.45, 7) is 3.15. The van der Waals surface area contributed by atoms with Crippen LogP contribution in [0, 0.1) is 11.6 Å². The summed E-state index contributed by atoms with van der Waals surface area (Å²) in [5.74, 6) is -2.87. The molecule has 1 unspecified atom stereocenters. The Morgan fingerprint density at radius 1 is 1.16 bits per heavy atom. The van der Waals surface area contributed by atoms with Crippen molar-refractivity contribution in [2.24, 2.45) is 0 Å². The molecule has 3 amide bonds. The lowest BCUT2D eigenvalue weighted by molar-refractivity contribution is -0.137. The van der Waals surface area contributed by atoms with Crippen LogP contribution in [0.3, 0.4) is 0 Å². The Morgan fingerprint density at radius 3 is 2.42 bits per heavy atom. The summed E-state index contributed by atoms with van der Waals surface area (Å²) in [5, 5.41) is 2.03. The van der Waals surface area contributed by atoms with Gasteiger partial charge in [-0.15, -0.1) is 0 Å². The molecule has 2 aromatic rings. The van der Waals surface area contributed by atoms with Gasteiger partial charge in [-0.25, -0.2) is 8.78 Å². The zero-order valence-electron chi connectivity index (χ0n) is 20.8. The minimum Gasteiger partial charge on any atom is -0.331 e. The van der Waals surface area contributed by atoms with Gasteiger partial charge in [0.05, 0.1) is 11.1 Å². The van der Waals surface area contributed by atoms with Crippen molar-refractivity contribution in [2.75, 3.05) is 13.1 Å². The number of imide groups is 1. The highest BCUT2D eigenvalue weighted by Gasteiger charge is 2.37. The highest BCUT2D eigenvalue weighted by Crippen LogP contribution is 2.38. The number of likely N-dealkylation sites (tertiary alicyclic amines) is 1. The van der Waals surface area contributed by atoms with Crippen LogP contribution in [-0.2, 0) is 28.9 Å². The van der Waals surface area contributed by atoms with E-state index >= 15 is 8.78 Å². The van der Waals surface area contributed by atoms with Crippen molar-refractivity contribution < 1.29 is 36.3 Å². The number of nitrogens with one attached hydrogen (secondary N) is 1. The summed E-state index contributed by atoms with van der Waals surface area (Å²) in [7, 11) is 0. The van der Waals surface area contributed by atoms with E-state index in [0.29, 0.717) is 32.5 Å². The summed E-state index contributed by atoms with van der Waals surface area (Å²) in [5.41, 5.74) is 0.0983. The van der Waals surface area contributed by atoms with Crippen molar-refractivity contribution in [2.45, 2.75) is 63.8 Å². The number of hydrogen-bond donors (Lipinski definition) is 1. The van der Waals surface area contributed by atoms with Crippen LogP contribution in [0.2, 0.25) is 0 Å². The fraction of sp³-hybridized carbons (Fsp3) is 0.444. The van der Waals surface area contributed by atoms with Crippen molar-refractivity contribution in [3.8, 4) is 0 Å². The number of alkyl halides is 3. The lowest BCUT2D eigenvalue weighted by atomic mass is 9.86. The molecule has 6 nitrogen and oxygen atoms in total. The topological polar surface area (TPSA) is 69.7 Å². The first kappa shape index (κ1) is 27.7. The number of piperidine rings is 1. The number of amides is 3. The number of fused-ring (bicyclic) bond motifs is 1. The Hall–Kier alpha value is -3.34. The van der Waals surface area contributed by atoms with Crippen molar-refractivity contribution in [3.63, 3.8) is 0 Å². The predicted molar refractivity (Wildman–Crippen MR) is 128 cm³/mol. The van der Waals surface area contributed by atoms with E-state index in [0.717, 1.165) is 23.8 Å². The van der Waals surface area contributed by atoms with Crippen LogP contribution < -0.4 is 5.32 Å². The van der Waals surface area contributed by atoms with Gasteiger partial charge in [0.15, 0.2) is 0 Å². The third-order valence-corrected chi connectivity index (χ3v) is 7.40. The van der Waals surface area contributed by atoms with Gasteiger partial charge in [-0.05, 0) is 69.0 Å². The summed E-state index contributed by atoms with van der Waals surface area (Å²) in [6.07, 6.45) is -2.92. The molecular weight excluding hydrogens is 509 g/mol. The van der Waals surface area contributed by atoms with Crippen LogP contribution in [0.5, 0.6) is 0 Å². The van der Waals surface area contributed by atoms with Crippen LogP contribution in [0.1, 0.15) is 71.1 Å². The maximum Gasteiger partial charge on any atom is 0.416 e. The molecular formula is C27H28F5N3O3. The van der Waals surface area contributed by atoms with Crippen molar-refractivity contribution >= 4 is 18.2 Å². The molecule has 2 aliphatic rings. The van der Waals surface area contributed by atoms with Crippen LogP contribution >= 0.6 is 0 Å². The van der Waals surface area contributed by atoms with Crippen LogP contribution in [-0.4, -0.2) is 47.2 Å². The quantitative estimate of drug-likeness (QED) is 0.390. The Labute approximate surface area is 216 Å². The summed E-state index contributed by atoms with van der Waals surface area (Å²) < 4.78 is 69.1. The van der Waals surface area contributed by atoms with Gasteiger partial charge in [-0.3, -0.25) is 24.6 Å². The molecule has 38 heavy (non-hydrogen) atoms. The second-order valence-corrected chi connectivity index (χ2v) is 9.86. The number of rotatable bonds is 8. The molecule has 0 bridgehead atoms. The standard InChI is InChI=1S/C27H28F5N3O3/c1-16(2-7-23(37)33-15-36)35-14-21-20(26(35)38)12-22(28)24(25(21)29)18-8-10-34(11-9-18)13-17-3-5-19(6-4-17)27(30,31)32/h3-6,12,15-16,18H,2,7-11,13-14H2,1H3,(H,33,36,37). The van der Waals surface area contributed by atoms with Crippen molar-refractivity contribution in [1.82, 2.24) is 15.1 Å². The number of nitrogens with zero attached hydrogens (tertiary/aromatic N) is 2. The zero-order valence-corrected chi connectivity index (χ0v) is 20.8. The van der Waals surface area contributed by atoms with E-state index < -0.39 is 47.1 Å². The fourth-order valence-corrected chi connectivity index (χ4v) is 5.22. The lowest BCUT2D eigenvalue weighted by Gasteiger charge is -2.32. The third-order valence-electron chi connectivity index (χ3n) is 7.40. The molecule has 1 saturated heterocycles. The normalized spacial score (nSPS) is 17.4. The predicted octanol–water partition coefficient (Wildman–Crippen LogP) is 4.76. The van der Waals surface area contributed by atoms with Crippen LogP contribution in [0.4, 0.5) is 22.0 Å². The van der Waals surface area contributed by atoms with E-state index in [9.17, 15) is 27.6 Å². The second kappa shape index (κ2) is 11.2. The Bertz CT molecular complexity index is 1210. The number of benzene rings is 2. The SMILES string of the molecule is CC(CCC(=O)NC=O)N1Cc2c(cc(F)c(C3CCN(Cc4ccc(C(F)(F)F)cc4)CC3)c2F)C1=O. The molecule has 1 atom stereocenters. The Kier molecular flexibility index (Phi) is 8.15. The van der Waals surface area contributed by atoms with Gasteiger partial charge in [-0.1, -0.05) is 12.1 Å². The molecule has 1 N–H and O–H groups in total. The van der Waals surface area contributed by atoms with Gasteiger partial charge in [0.2, 0.25) is 12.3 Å². The molecule has 1 fully saturated rings. The molecule has 0 aromatic heterocycles. The smallest absolute Gasteiger partial charge is 0.331 e. The number of halogens is 5. The minimum absolute atomic E-state index is 0.00712. The largest absolute Gasteiger partial charge is 0.416 e. The number of carbonyl (C=O) groups is 3. The zero-order chi connectivity index (χ0) is 27.6. The van der Waals surface area contributed by atoms with E-state index in [-0.39, 0.29) is 42.5 Å². The van der Waals surface area contributed by atoms with E-state index in [2.05, 4.69) is 0 Å². The monoisotopic (exact) mass is 537 g/mol. The Morgan fingerprint density at radius 2 is 1.82 bits per heavy atom. The third kappa shape index (κ3) is 5.87. The molecule has 0 spiro atoms. The summed E-state index contributed by atoms with van der Waals surface area (Å²) in [6, 6.07) is 5.63. The van der Waals surface area contributed by atoms with Crippen molar-refractivity contribution in [3.05, 3.63) is 69.8 Å². The maximum atomic E-state index is 15.6. The molecule has 204 valence electrons. The molecule has 2 aliphatic heterocycles. The fourth-order valence-electron chi connectivity index (χ4n) is 5.22. The molecule has 2 heterocycles. The first-order valence-corrected chi connectivity index (χ1v) is 12.4. The second-order valence-electron chi connectivity index (χ2n) is 9.86. The highest BCUT2D eigenvalue weighted by molar-refractivity contribution is 5.98. The van der Waals surface area contributed by atoms with Gasteiger partial charge >= 0.3 is 6.18 Å². The van der Waals surface area contributed by atoms with E-state index in [1.54, 1.807) is 6.92 Å². The molecule has 2 aromatic carbocycles. The van der Waals surface area contributed by atoms with E-state index in [1.807, 2.05) is 10.2 Å². The average molecular weight is 538 g/mol. The summed E-state index contributed by atoms with van der Waals surface area (Å²) in [4.78, 5) is 38.2. The van der Waals surface area contributed by atoms with Crippen LogP contribution in [0.15, 0.2) is 30.3 Å². The molecule has 11 heteroatoms. The molecule has 0 saturated carbocycles. The van der Waals surface area contributed by atoms with Gasteiger partial charge in [-0.2, -0.15) is 13.2 Å².